The van der Waals surface area contributed by atoms with E-state index in [1.165, 1.54) is 0 Å². The molecule has 0 aliphatic carbocycles. The van der Waals surface area contributed by atoms with E-state index in [1.54, 1.807) is 0 Å². The molecule has 124 valence electrons. The highest BCUT2D eigenvalue weighted by Gasteiger charge is 2.27. The molecule has 0 saturated carbocycles. The van der Waals surface area contributed by atoms with Crippen LogP contribution in [-0.4, -0.2) is 42.2 Å². The Labute approximate surface area is 125 Å². The summed E-state index contributed by atoms with van der Waals surface area (Å²) in [5.41, 5.74) is 0. The highest BCUT2D eigenvalue weighted by atomic mass is 19.4. The van der Waals surface area contributed by atoms with E-state index in [-0.39, 0.29) is 24.3 Å². The number of likely N-dealkylation sites (tertiary alicyclic amines) is 1. The number of amides is 1. The summed E-state index contributed by atoms with van der Waals surface area (Å²) in [6, 6.07) is 0.395. The van der Waals surface area contributed by atoms with Crippen molar-refractivity contribution in [1.82, 2.24) is 10.2 Å². The van der Waals surface area contributed by atoms with Gasteiger partial charge in [-0.3, -0.25) is 4.79 Å². The summed E-state index contributed by atoms with van der Waals surface area (Å²) in [7, 11) is 0. The van der Waals surface area contributed by atoms with E-state index in [0.29, 0.717) is 12.5 Å². The van der Waals surface area contributed by atoms with E-state index >= 15 is 0 Å². The molecule has 3 nitrogen and oxygen atoms in total. The number of nitrogens with zero attached hydrogens (tertiary/aromatic N) is 1. The molecular formula is C15H27F3N2O. The zero-order valence-corrected chi connectivity index (χ0v) is 13.2. The molecule has 1 amide bonds. The van der Waals surface area contributed by atoms with Gasteiger partial charge >= 0.3 is 6.18 Å². The van der Waals surface area contributed by atoms with Gasteiger partial charge in [-0.05, 0) is 32.6 Å². The molecular weight excluding hydrogens is 281 g/mol. The number of piperidine rings is 1. The van der Waals surface area contributed by atoms with Crippen molar-refractivity contribution in [2.75, 3.05) is 13.1 Å². The lowest BCUT2D eigenvalue weighted by Gasteiger charge is -2.35. The zero-order chi connectivity index (χ0) is 16.0. The van der Waals surface area contributed by atoms with Crippen molar-refractivity contribution in [2.24, 2.45) is 5.92 Å². The Morgan fingerprint density at radius 1 is 1.24 bits per heavy atom. The molecule has 1 aliphatic rings. The Balaban J connectivity index is 2.21. The van der Waals surface area contributed by atoms with Crippen LogP contribution in [0.3, 0.4) is 0 Å². The Morgan fingerprint density at radius 3 is 2.29 bits per heavy atom. The molecule has 6 heteroatoms. The second-order valence-electron chi connectivity index (χ2n) is 6.33. The average Bonchev–Trinajstić information content (AvgIpc) is 2.37. The predicted octanol–water partition coefficient (Wildman–Crippen LogP) is 3.34. The molecule has 1 N–H and O–H groups in total. The summed E-state index contributed by atoms with van der Waals surface area (Å²) in [6.45, 7) is 7.21. The fourth-order valence-electron chi connectivity index (χ4n) is 2.73. The Morgan fingerprint density at radius 2 is 1.81 bits per heavy atom. The van der Waals surface area contributed by atoms with Crippen molar-refractivity contribution >= 4 is 5.91 Å². The molecule has 1 unspecified atom stereocenters. The second-order valence-corrected chi connectivity index (χ2v) is 6.33. The number of rotatable bonds is 6. The van der Waals surface area contributed by atoms with Crippen molar-refractivity contribution in [3.05, 3.63) is 0 Å². The normalized spacial score (nSPS) is 19.1. The first-order valence-corrected chi connectivity index (χ1v) is 7.80. The van der Waals surface area contributed by atoms with Gasteiger partial charge in [-0.25, -0.2) is 0 Å². The van der Waals surface area contributed by atoms with E-state index < -0.39 is 12.6 Å². The van der Waals surface area contributed by atoms with Crippen LogP contribution in [0.15, 0.2) is 0 Å². The van der Waals surface area contributed by atoms with Crippen LogP contribution < -0.4 is 5.32 Å². The molecule has 21 heavy (non-hydrogen) atoms. The van der Waals surface area contributed by atoms with E-state index in [2.05, 4.69) is 5.32 Å². The lowest BCUT2D eigenvalue weighted by Crippen LogP contribution is -2.48. The molecule has 0 bridgehead atoms. The molecule has 1 saturated heterocycles. The number of carbonyl (C=O) groups excluding carboxylic acids is 1. The summed E-state index contributed by atoms with van der Waals surface area (Å²) in [5, 5.41) is 3.39. The fraction of sp³-hybridized carbons (Fsp3) is 0.933. The van der Waals surface area contributed by atoms with Crippen molar-refractivity contribution in [3.8, 4) is 0 Å². The van der Waals surface area contributed by atoms with E-state index in [0.717, 1.165) is 25.9 Å². The minimum atomic E-state index is -4.05. The lowest BCUT2D eigenvalue weighted by atomic mass is 10.0. The first kappa shape index (κ1) is 18.3. The largest absolute Gasteiger partial charge is 0.389 e. The summed E-state index contributed by atoms with van der Waals surface area (Å²) in [4.78, 5) is 13.7. The maximum absolute atomic E-state index is 12.1. The molecule has 1 rings (SSSR count). The van der Waals surface area contributed by atoms with Gasteiger partial charge in [0.1, 0.15) is 0 Å². The van der Waals surface area contributed by atoms with Crippen LogP contribution in [0.5, 0.6) is 0 Å². The van der Waals surface area contributed by atoms with Crippen molar-refractivity contribution in [3.63, 3.8) is 0 Å². The summed E-state index contributed by atoms with van der Waals surface area (Å²) < 4.78 is 36.3. The quantitative estimate of drug-likeness (QED) is 0.816. The fourth-order valence-corrected chi connectivity index (χ4v) is 2.73. The third kappa shape index (κ3) is 7.16. The third-order valence-electron chi connectivity index (χ3n) is 3.92. The van der Waals surface area contributed by atoms with Crippen LogP contribution in [0.4, 0.5) is 13.2 Å². The summed E-state index contributed by atoms with van der Waals surface area (Å²) >= 11 is 0. The Kier molecular flexibility index (Phi) is 6.97. The number of alkyl halides is 3. The molecule has 1 aliphatic heterocycles. The number of hydrogen-bond acceptors (Lipinski definition) is 2. The predicted molar refractivity (Wildman–Crippen MR) is 76.9 cm³/mol. The second kappa shape index (κ2) is 8.01. The van der Waals surface area contributed by atoms with E-state index in [4.69, 9.17) is 0 Å². The topological polar surface area (TPSA) is 32.3 Å². The number of hydrogen-bond donors (Lipinski definition) is 1. The van der Waals surface area contributed by atoms with Crippen molar-refractivity contribution < 1.29 is 18.0 Å². The third-order valence-corrected chi connectivity index (χ3v) is 3.92. The first-order valence-electron chi connectivity index (χ1n) is 7.80. The molecule has 0 spiro atoms. The van der Waals surface area contributed by atoms with Gasteiger partial charge in [-0.1, -0.05) is 13.8 Å². The first-order chi connectivity index (χ1) is 9.69. The van der Waals surface area contributed by atoms with Gasteiger partial charge in [-0.15, -0.1) is 0 Å². The van der Waals surface area contributed by atoms with Crippen LogP contribution in [0.25, 0.3) is 0 Å². The summed E-state index contributed by atoms with van der Waals surface area (Å²) in [6.07, 6.45) is -2.31. The van der Waals surface area contributed by atoms with Gasteiger partial charge in [0.2, 0.25) is 5.91 Å². The molecule has 0 aromatic carbocycles. The maximum atomic E-state index is 12.1. The highest BCUT2D eigenvalue weighted by molar-refractivity contribution is 5.78. The van der Waals surface area contributed by atoms with E-state index in [1.807, 2.05) is 25.7 Å². The molecule has 0 radical (unpaired) electrons. The van der Waals surface area contributed by atoms with Crippen LogP contribution in [-0.2, 0) is 4.79 Å². The standard InChI is InChI=1S/C15H27F3N2O/c1-11(2)14(21)20-9-6-13(7-10-20)19-12(3)5-4-8-15(16,17)18/h11-13,19H,4-10H2,1-3H3. The number of carbonyl (C=O) groups is 1. The van der Waals surface area contributed by atoms with E-state index in [9.17, 15) is 18.0 Å². The maximum Gasteiger partial charge on any atom is 0.389 e. The van der Waals surface area contributed by atoms with Gasteiger partial charge in [0.25, 0.3) is 0 Å². The SMILES string of the molecule is CC(CCCC(F)(F)F)NC1CCN(C(=O)C(C)C)CC1. The Hall–Kier alpha value is -0.780. The van der Waals surface area contributed by atoms with Gasteiger partial charge in [0.05, 0.1) is 0 Å². The minimum Gasteiger partial charge on any atom is -0.342 e. The Bertz CT molecular complexity index is 323. The molecule has 1 heterocycles. The van der Waals surface area contributed by atoms with Gasteiger partial charge in [0.15, 0.2) is 0 Å². The van der Waals surface area contributed by atoms with Crippen LogP contribution in [0, 0.1) is 5.92 Å². The highest BCUT2D eigenvalue weighted by Crippen LogP contribution is 2.23. The van der Waals surface area contributed by atoms with Crippen molar-refractivity contribution in [2.45, 2.75) is 71.1 Å². The number of nitrogens with one attached hydrogen (secondary N) is 1. The zero-order valence-electron chi connectivity index (χ0n) is 13.2. The van der Waals surface area contributed by atoms with Gasteiger partial charge in [0, 0.05) is 37.5 Å². The van der Waals surface area contributed by atoms with Crippen LogP contribution >= 0.6 is 0 Å². The molecule has 0 aromatic heterocycles. The minimum absolute atomic E-state index is 0.0239. The van der Waals surface area contributed by atoms with Crippen LogP contribution in [0.2, 0.25) is 0 Å². The average molecular weight is 308 g/mol. The number of halogens is 3. The monoisotopic (exact) mass is 308 g/mol. The molecule has 1 atom stereocenters. The van der Waals surface area contributed by atoms with Crippen molar-refractivity contribution in [1.29, 1.82) is 0 Å². The van der Waals surface area contributed by atoms with Crippen LogP contribution in [0.1, 0.15) is 52.9 Å². The lowest BCUT2D eigenvalue weighted by molar-refractivity contribution is -0.136. The smallest absolute Gasteiger partial charge is 0.342 e. The molecule has 0 aromatic rings. The van der Waals surface area contributed by atoms with Gasteiger partial charge < -0.3 is 10.2 Å². The molecule has 1 fully saturated rings. The summed E-state index contributed by atoms with van der Waals surface area (Å²) in [5.74, 6) is 0.211. The van der Waals surface area contributed by atoms with Gasteiger partial charge in [-0.2, -0.15) is 13.2 Å².